The van der Waals surface area contributed by atoms with E-state index in [0.717, 1.165) is 22.4 Å². The van der Waals surface area contributed by atoms with Gasteiger partial charge in [0.2, 0.25) is 0 Å². The van der Waals surface area contributed by atoms with Crippen LogP contribution in [0.15, 0.2) is 30.3 Å². The molecule has 2 heteroatoms. The number of rotatable bonds is 9. The molecule has 2 unspecified atom stereocenters. The molecular weight excluding hydrogens is 368 g/mol. The van der Waals surface area contributed by atoms with Gasteiger partial charge in [-0.15, -0.1) is 0 Å². The molecule has 0 saturated heterocycles. The molecule has 2 aromatic rings. The van der Waals surface area contributed by atoms with Crippen LogP contribution in [0.1, 0.15) is 102 Å². The fourth-order valence-electron chi connectivity index (χ4n) is 4.78. The molecule has 0 fully saturated rings. The average Bonchev–Trinajstić information content (AvgIpc) is 2.68. The Labute approximate surface area is 183 Å². The Morgan fingerprint density at radius 3 is 2.40 bits per heavy atom. The van der Waals surface area contributed by atoms with Gasteiger partial charge >= 0.3 is 0 Å². The molecule has 1 N–H and O–H groups in total. The Morgan fingerprint density at radius 1 is 0.967 bits per heavy atom. The Bertz CT molecular complexity index is 865. The number of phenols is 1. The van der Waals surface area contributed by atoms with Crippen molar-refractivity contribution < 1.29 is 9.84 Å². The van der Waals surface area contributed by atoms with E-state index >= 15 is 0 Å². The smallest absolute Gasteiger partial charge is 0.132 e. The van der Waals surface area contributed by atoms with E-state index in [2.05, 4.69) is 65.8 Å². The van der Waals surface area contributed by atoms with Crippen molar-refractivity contribution in [3.63, 3.8) is 0 Å². The third kappa shape index (κ3) is 4.85. The van der Waals surface area contributed by atoms with Crippen LogP contribution in [0.4, 0.5) is 0 Å². The number of hydrogen-bond acceptors (Lipinski definition) is 2. The summed E-state index contributed by atoms with van der Waals surface area (Å²) in [4.78, 5) is 0. The Kier molecular flexibility index (Phi) is 7.16. The van der Waals surface area contributed by atoms with Crippen LogP contribution >= 0.6 is 0 Å². The summed E-state index contributed by atoms with van der Waals surface area (Å²) in [6, 6.07) is 10.6. The minimum atomic E-state index is -0.408. The van der Waals surface area contributed by atoms with E-state index in [-0.39, 0.29) is 0 Å². The minimum absolute atomic E-state index is 0.337. The lowest BCUT2D eigenvalue weighted by molar-refractivity contribution is 0.105. The van der Waals surface area contributed by atoms with Gasteiger partial charge in [0.25, 0.3) is 0 Å². The third-order valence-corrected chi connectivity index (χ3v) is 6.95. The van der Waals surface area contributed by atoms with Crippen LogP contribution in [-0.4, -0.2) is 5.11 Å². The van der Waals surface area contributed by atoms with E-state index < -0.39 is 5.60 Å². The average molecular weight is 409 g/mol. The van der Waals surface area contributed by atoms with Crippen LogP contribution in [0, 0.1) is 12.8 Å². The molecule has 30 heavy (non-hydrogen) atoms. The minimum Gasteiger partial charge on any atom is -0.507 e. The highest BCUT2D eigenvalue weighted by atomic mass is 16.5. The standard InChI is InChI=1S/C28H40O2/c1-7-8-9-10-11-12-13-20(3)21(4)22-17-25(29)27-23-16-19(2)14-15-24(23)28(5,6)30-26(27)18-22/h14-18,20-21,29H,7-13H2,1-6H3. The molecule has 0 spiro atoms. The number of aromatic hydroxyl groups is 1. The summed E-state index contributed by atoms with van der Waals surface area (Å²) >= 11 is 0. The summed E-state index contributed by atoms with van der Waals surface area (Å²) in [5, 5.41) is 11.0. The fraction of sp³-hybridized carbons (Fsp3) is 0.571. The molecular formula is C28H40O2. The first-order valence-corrected chi connectivity index (χ1v) is 11.9. The maximum Gasteiger partial charge on any atom is 0.132 e. The van der Waals surface area contributed by atoms with E-state index in [1.54, 1.807) is 0 Å². The van der Waals surface area contributed by atoms with Crippen molar-refractivity contribution in [1.82, 2.24) is 0 Å². The van der Waals surface area contributed by atoms with Crippen molar-refractivity contribution >= 4 is 0 Å². The van der Waals surface area contributed by atoms with Crippen LogP contribution < -0.4 is 4.74 Å². The summed E-state index contributed by atoms with van der Waals surface area (Å²) in [7, 11) is 0. The summed E-state index contributed by atoms with van der Waals surface area (Å²) in [6.45, 7) is 13.2. The van der Waals surface area contributed by atoms with E-state index in [1.165, 1.54) is 56.1 Å². The van der Waals surface area contributed by atoms with Gasteiger partial charge in [0.1, 0.15) is 17.1 Å². The number of phenolic OH excluding ortho intramolecular Hbond substituents is 1. The van der Waals surface area contributed by atoms with Gasteiger partial charge in [0, 0.05) is 5.56 Å². The van der Waals surface area contributed by atoms with E-state index in [9.17, 15) is 5.11 Å². The molecule has 1 heterocycles. The molecule has 0 aliphatic carbocycles. The van der Waals surface area contributed by atoms with Gasteiger partial charge in [-0.3, -0.25) is 0 Å². The molecule has 2 nitrogen and oxygen atoms in total. The number of hydrogen-bond donors (Lipinski definition) is 1. The summed E-state index contributed by atoms with van der Waals surface area (Å²) in [5.41, 5.74) is 5.03. The number of fused-ring (bicyclic) bond motifs is 3. The van der Waals surface area contributed by atoms with Crippen molar-refractivity contribution in [2.24, 2.45) is 5.92 Å². The van der Waals surface area contributed by atoms with Crippen LogP contribution in [0.25, 0.3) is 11.1 Å². The fourth-order valence-corrected chi connectivity index (χ4v) is 4.78. The lowest BCUT2D eigenvalue weighted by atomic mass is 9.81. The quantitative estimate of drug-likeness (QED) is 0.421. The van der Waals surface area contributed by atoms with Crippen molar-refractivity contribution in [2.45, 2.75) is 98.0 Å². The molecule has 0 aromatic heterocycles. The van der Waals surface area contributed by atoms with E-state index in [1.807, 2.05) is 6.07 Å². The molecule has 0 saturated carbocycles. The van der Waals surface area contributed by atoms with Gasteiger partial charge in [0.15, 0.2) is 0 Å². The van der Waals surface area contributed by atoms with Crippen molar-refractivity contribution in [1.29, 1.82) is 0 Å². The second-order valence-corrected chi connectivity index (χ2v) is 9.90. The monoisotopic (exact) mass is 408 g/mol. The first-order chi connectivity index (χ1) is 14.2. The SMILES string of the molecule is CCCCCCCCC(C)C(C)c1cc(O)c2c(c1)OC(C)(C)c1ccc(C)cc1-2. The van der Waals surface area contributed by atoms with Crippen molar-refractivity contribution in [2.75, 3.05) is 0 Å². The van der Waals surface area contributed by atoms with Crippen LogP contribution in [0.3, 0.4) is 0 Å². The second-order valence-electron chi connectivity index (χ2n) is 9.90. The first-order valence-electron chi connectivity index (χ1n) is 11.9. The van der Waals surface area contributed by atoms with E-state index in [0.29, 0.717) is 17.6 Å². The van der Waals surface area contributed by atoms with Gasteiger partial charge in [-0.05, 0) is 55.9 Å². The zero-order valence-corrected chi connectivity index (χ0v) is 19.8. The zero-order valence-electron chi connectivity index (χ0n) is 19.8. The molecule has 164 valence electrons. The molecule has 0 radical (unpaired) electrons. The number of unbranched alkanes of at least 4 members (excludes halogenated alkanes) is 5. The summed E-state index contributed by atoms with van der Waals surface area (Å²) < 4.78 is 6.41. The molecule has 2 atom stereocenters. The first kappa shape index (κ1) is 22.7. The normalized spacial score (nSPS) is 16.3. The van der Waals surface area contributed by atoms with Crippen molar-refractivity contribution in [3.05, 3.63) is 47.0 Å². The van der Waals surface area contributed by atoms with Crippen LogP contribution in [-0.2, 0) is 5.60 Å². The Balaban J connectivity index is 1.79. The highest BCUT2D eigenvalue weighted by Gasteiger charge is 2.34. The summed E-state index contributed by atoms with van der Waals surface area (Å²) in [5.74, 6) is 2.12. The maximum absolute atomic E-state index is 11.0. The highest BCUT2D eigenvalue weighted by molar-refractivity contribution is 5.82. The van der Waals surface area contributed by atoms with Gasteiger partial charge in [0.05, 0.1) is 5.56 Å². The van der Waals surface area contributed by atoms with Crippen molar-refractivity contribution in [3.8, 4) is 22.6 Å². The van der Waals surface area contributed by atoms with E-state index in [4.69, 9.17) is 4.74 Å². The topological polar surface area (TPSA) is 29.5 Å². The van der Waals surface area contributed by atoms with Gasteiger partial charge in [-0.25, -0.2) is 0 Å². The third-order valence-electron chi connectivity index (χ3n) is 6.95. The second kappa shape index (κ2) is 9.45. The van der Waals surface area contributed by atoms with Crippen LogP contribution in [0.5, 0.6) is 11.5 Å². The molecule has 1 aliphatic rings. The lowest BCUT2D eigenvalue weighted by Gasteiger charge is -2.36. The molecule has 3 rings (SSSR count). The largest absolute Gasteiger partial charge is 0.507 e. The molecule has 2 aromatic carbocycles. The number of benzene rings is 2. The maximum atomic E-state index is 11.0. The Hall–Kier alpha value is -1.96. The number of aryl methyl sites for hydroxylation is 1. The van der Waals surface area contributed by atoms with Gasteiger partial charge < -0.3 is 9.84 Å². The molecule has 0 bridgehead atoms. The predicted octanol–water partition coefficient (Wildman–Crippen LogP) is 8.49. The highest BCUT2D eigenvalue weighted by Crippen LogP contribution is 2.50. The predicted molar refractivity (Wildman–Crippen MR) is 128 cm³/mol. The lowest BCUT2D eigenvalue weighted by Crippen LogP contribution is -2.29. The van der Waals surface area contributed by atoms with Gasteiger partial charge in [-0.1, -0.05) is 89.5 Å². The Morgan fingerprint density at radius 2 is 1.67 bits per heavy atom. The van der Waals surface area contributed by atoms with Crippen LogP contribution in [0.2, 0.25) is 0 Å². The molecule has 1 aliphatic heterocycles. The number of ether oxygens (including phenoxy) is 1. The zero-order chi connectivity index (χ0) is 21.9. The summed E-state index contributed by atoms with van der Waals surface area (Å²) in [6.07, 6.45) is 9.25. The molecule has 0 amide bonds. The van der Waals surface area contributed by atoms with Gasteiger partial charge in [-0.2, -0.15) is 0 Å².